The maximum absolute atomic E-state index is 4.03. The van der Waals surface area contributed by atoms with Gasteiger partial charge in [0.25, 0.3) is 0 Å². The zero-order chi connectivity index (χ0) is 5.28. The number of nitrogens with zero attached hydrogens (tertiary/aromatic N) is 1. The molecule has 0 fully saturated rings. The Hall–Kier alpha value is -0.370. The van der Waals surface area contributed by atoms with Gasteiger partial charge >= 0.3 is 0 Å². The van der Waals surface area contributed by atoms with Crippen molar-refractivity contribution in [2.45, 2.75) is 19.0 Å². The lowest BCUT2D eigenvalue weighted by Gasteiger charge is -2.23. The molecular weight excluding hydrogens is 88.1 g/mol. The van der Waals surface area contributed by atoms with Crippen LogP contribution in [0.15, 0.2) is 4.99 Å². The molecule has 1 heterocycles. The molecule has 0 aromatic heterocycles. The van der Waals surface area contributed by atoms with Gasteiger partial charge in [-0.2, -0.15) is 0 Å². The predicted octanol–water partition coefficient (Wildman–Crippen LogP) is 0.0473. The number of aliphatic imine (C=N–C) groups is 1. The highest BCUT2D eigenvalue weighted by Crippen LogP contribution is 2.03. The van der Waals surface area contributed by atoms with Crippen LogP contribution in [0.4, 0.5) is 0 Å². The van der Waals surface area contributed by atoms with Crippen molar-refractivity contribution in [2.24, 2.45) is 4.99 Å². The van der Waals surface area contributed by atoms with Crippen LogP contribution in [-0.2, 0) is 0 Å². The fourth-order valence-corrected chi connectivity index (χ4v) is 0.660. The Balaban J connectivity index is 2.33. The Bertz CT molecular complexity index is 88.1. The van der Waals surface area contributed by atoms with Crippen LogP contribution in [0.3, 0.4) is 0 Å². The largest absolute Gasteiger partial charge is 0.310 e. The van der Waals surface area contributed by atoms with Crippen LogP contribution >= 0.6 is 0 Å². The molecule has 0 aromatic rings. The van der Waals surface area contributed by atoms with E-state index in [1.54, 1.807) is 0 Å². The Morgan fingerprint density at radius 2 is 2.43 bits per heavy atom. The van der Waals surface area contributed by atoms with E-state index in [0.29, 0.717) is 12.1 Å². The quantitative estimate of drug-likeness (QED) is 0.492. The fraction of sp³-hybridized carbons (Fsp3) is 0.800. The summed E-state index contributed by atoms with van der Waals surface area (Å²) in [7, 11) is 1.95. The summed E-state index contributed by atoms with van der Waals surface area (Å²) < 4.78 is 0. The van der Waals surface area contributed by atoms with Crippen LogP contribution in [0.2, 0.25) is 0 Å². The molecule has 0 saturated carbocycles. The van der Waals surface area contributed by atoms with E-state index in [-0.39, 0.29) is 0 Å². The molecule has 0 radical (unpaired) electrons. The van der Waals surface area contributed by atoms with Gasteiger partial charge in [-0.05, 0) is 14.0 Å². The Morgan fingerprint density at radius 3 is 2.43 bits per heavy atom. The summed E-state index contributed by atoms with van der Waals surface area (Å²) in [6.45, 7) is 2.10. The van der Waals surface area contributed by atoms with Crippen LogP contribution in [-0.4, -0.2) is 25.3 Å². The molecule has 0 aliphatic carbocycles. The van der Waals surface area contributed by atoms with Crippen molar-refractivity contribution >= 4 is 6.21 Å². The second-order valence-electron chi connectivity index (χ2n) is 1.85. The van der Waals surface area contributed by atoms with E-state index >= 15 is 0 Å². The molecule has 2 unspecified atom stereocenters. The van der Waals surface area contributed by atoms with E-state index in [4.69, 9.17) is 0 Å². The summed E-state index contributed by atoms with van der Waals surface area (Å²) in [4.78, 5) is 4.03. The number of nitrogens with one attached hydrogen (secondary N) is 1. The third-order valence-corrected chi connectivity index (χ3v) is 1.33. The monoisotopic (exact) mass is 98.1 g/mol. The lowest BCUT2D eigenvalue weighted by molar-refractivity contribution is 0.554. The van der Waals surface area contributed by atoms with Gasteiger partial charge in [0, 0.05) is 6.21 Å². The van der Waals surface area contributed by atoms with Gasteiger partial charge in [0.1, 0.15) is 0 Å². The molecule has 2 heteroatoms. The summed E-state index contributed by atoms with van der Waals surface area (Å²) in [6.07, 6.45) is 1.94. The van der Waals surface area contributed by atoms with E-state index in [9.17, 15) is 0 Å². The van der Waals surface area contributed by atoms with Gasteiger partial charge in [0.2, 0.25) is 0 Å². The molecule has 1 aliphatic rings. The molecule has 0 spiro atoms. The first kappa shape index (κ1) is 4.78. The third-order valence-electron chi connectivity index (χ3n) is 1.33. The average Bonchev–Trinajstić information content (AvgIpc) is 1.65. The molecule has 0 amide bonds. The average molecular weight is 98.1 g/mol. The molecule has 1 rings (SSSR count). The van der Waals surface area contributed by atoms with Gasteiger partial charge in [0.15, 0.2) is 0 Å². The summed E-state index contributed by atoms with van der Waals surface area (Å²) in [5, 5.41) is 3.10. The summed E-state index contributed by atoms with van der Waals surface area (Å²) in [6, 6.07) is 1.05. The zero-order valence-electron chi connectivity index (χ0n) is 4.68. The van der Waals surface area contributed by atoms with Crippen molar-refractivity contribution in [2.75, 3.05) is 7.05 Å². The van der Waals surface area contributed by atoms with E-state index in [0.717, 1.165) is 0 Å². The minimum atomic E-state index is 0.505. The summed E-state index contributed by atoms with van der Waals surface area (Å²) in [5.41, 5.74) is 0. The van der Waals surface area contributed by atoms with Crippen LogP contribution in [0.5, 0.6) is 0 Å². The van der Waals surface area contributed by atoms with Crippen molar-refractivity contribution in [1.29, 1.82) is 0 Å². The van der Waals surface area contributed by atoms with Crippen LogP contribution in [0.25, 0.3) is 0 Å². The van der Waals surface area contributed by atoms with E-state index in [2.05, 4.69) is 17.2 Å². The van der Waals surface area contributed by atoms with Crippen molar-refractivity contribution in [3.63, 3.8) is 0 Å². The van der Waals surface area contributed by atoms with Crippen molar-refractivity contribution < 1.29 is 0 Å². The van der Waals surface area contributed by atoms with Gasteiger partial charge < -0.3 is 5.32 Å². The second kappa shape index (κ2) is 1.62. The Labute approximate surface area is 43.6 Å². The van der Waals surface area contributed by atoms with E-state index in [1.165, 1.54) is 0 Å². The number of rotatable bonds is 1. The standard InChI is InChI=1S/C5H10N2/c1-4-5(6-2)3-7-4/h3-6H,1-2H3. The van der Waals surface area contributed by atoms with Crippen LogP contribution < -0.4 is 5.32 Å². The topological polar surface area (TPSA) is 24.4 Å². The van der Waals surface area contributed by atoms with Gasteiger partial charge in [-0.1, -0.05) is 0 Å². The molecule has 0 saturated heterocycles. The van der Waals surface area contributed by atoms with E-state index < -0.39 is 0 Å². The lowest BCUT2D eigenvalue weighted by Crippen LogP contribution is -2.42. The molecule has 2 nitrogen and oxygen atoms in total. The van der Waals surface area contributed by atoms with Crippen molar-refractivity contribution in [1.82, 2.24) is 5.32 Å². The van der Waals surface area contributed by atoms with Gasteiger partial charge in [-0.25, -0.2) is 0 Å². The first-order valence-electron chi connectivity index (χ1n) is 2.55. The smallest absolute Gasteiger partial charge is 0.0671 e. The van der Waals surface area contributed by atoms with Gasteiger partial charge in [0.05, 0.1) is 12.1 Å². The van der Waals surface area contributed by atoms with Crippen LogP contribution in [0.1, 0.15) is 6.92 Å². The molecule has 2 atom stereocenters. The highest BCUT2D eigenvalue weighted by Gasteiger charge is 2.17. The van der Waals surface area contributed by atoms with Crippen molar-refractivity contribution in [3.05, 3.63) is 0 Å². The number of likely N-dealkylation sites (N-methyl/N-ethyl adjacent to an activating group) is 1. The minimum absolute atomic E-state index is 0.505. The highest BCUT2D eigenvalue weighted by atomic mass is 15.0. The molecule has 1 aliphatic heterocycles. The van der Waals surface area contributed by atoms with Gasteiger partial charge in [-0.3, -0.25) is 4.99 Å². The Kier molecular flexibility index (Phi) is 1.11. The highest BCUT2D eigenvalue weighted by molar-refractivity contribution is 5.71. The minimum Gasteiger partial charge on any atom is -0.310 e. The molecule has 7 heavy (non-hydrogen) atoms. The van der Waals surface area contributed by atoms with E-state index in [1.807, 2.05) is 13.3 Å². The zero-order valence-corrected chi connectivity index (χ0v) is 4.68. The molecule has 40 valence electrons. The normalized spacial score (nSPS) is 38.0. The molecule has 0 bridgehead atoms. The first-order chi connectivity index (χ1) is 3.34. The van der Waals surface area contributed by atoms with Crippen LogP contribution in [0, 0.1) is 0 Å². The van der Waals surface area contributed by atoms with Crippen molar-refractivity contribution in [3.8, 4) is 0 Å². The van der Waals surface area contributed by atoms with Gasteiger partial charge in [-0.15, -0.1) is 0 Å². The SMILES string of the molecule is CNC1C=NC1C. The lowest BCUT2D eigenvalue weighted by atomic mass is 10.1. The summed E-state index contributed by atoms with van der Waals surface area (Å²) in [5.74, 6) is 0. The second-order valence-corrected chi connectivity index (χ2v) is 1.85. The molecule has 0 aromatic carbocycles. The maximum atomic E-state index is 4.03. The third kappa shape index (κ3) is 0.657. The number of hydrogen-bond donors (Lipinski definition) is 1. The maximum Gasteiger partial charge on any atom is 0.0671 e. The molecule has 1 N–H and O–H groups in total. The first-order valence-corrected chi connectivity index (χ1v) is 2.55. The Morgan fingerprint density at radius 1 is 1.71 bits per heavy atom. The number of hydrogen-bond acceptors (Lipinski definition) is 2. The predicted molar refractivity (Wildman–Crippen MR) is 30.8 cm³/mol. The summed E-state index contributed by atoms with van der Waals surface area (Å²) >= 11 is 0. The molecular formula is C5H10N2. The fourth-order valence-electron chi connectivity index (χ4n) is 0.660.